The fourth-order valence-corrected chi connectivity index (χ4v) is 4.52. The van der Waals surface area contributed by atoms with Crippen molar-refractivity contribution in [3.8, 4) is 0 Å². The van der Waals surface area contributed by atoms with Crippen LogP contribution in [0.15, 0.2) is 18.2 Å². The fraction of sp³-hybridized carbons (Fsp3) is 0.727. The summed E-state index contributed by atoms with van der Waals surface area (Å²) in [6, 6.07) is 6.95. The first-order valence-electron chi connectivity index (χ1n) is 9.90. The lowest BCUT2D eigenvalue weighted by Gasteiger charge is -2.41. The average Bonchev–Trinajstić information content (AvgIpc) is 2.54. The minimum absolute atomic E-state index is 0.432. The van der Waals surface area contributed by atoms with Crippen LogP contribution in [0.3, 0.4) is 0 Å². The molecule has 134 valence electrons. The van der Waals surface area contributed by atoms with Gasteiger partial charge >= 0.3 is 0 Å². The Balaban J connectivity index is 1.50. The highest BCUT2D eigenvalue weighted by Crippen LogP contribution is 2.41. The molecule has 3 rings (SSSR count). The first kappa shape index (κ1) is 17.9. The first-order valence-corrected chi connectivity index (χ1v) is 9.90. The van der Waals surface area contributed by atoms with E-state index in [4.69, 9.17) is 0 Å². The van der Waals surface area contributed by atoms with E-state index in [9.17, 15) is 5.11 Å². The lowest BCUT2D eigenvalue weighted by Crippen LogP contribution is -2.46. The van der Waals surface area contributed by atoms with E-state index in [1.165, 1.54) is 44.1 Å². The van der Waals surface area contributed by atoms with E-state index < -0.39 is 5.60 Å². The van der Waals surface area contributed by atoms with E-state index in [-0.39, 0.29) is 0 Å². The molecule has 0 aromatic heterocycles. The van der Waals surface area contributed by atoms with Crippen molar-refractivity contribution >= 4 is 0 Å². The van der Waals surface area contributed by atoms with Gasteiger partial charge in [-0.25, -0.2) is 0 Å². The second-order valence-corrected chi connectivity index (χ2v) is 9.21. The maximum Gasteiger partial charge on any atom is 0.0771 e. The number of rotatable bonds is 5. The summed E-state index contributed by atoms with van der Waals surface area (Å²) in [7, 11) is 0. The van der Waals surface area contributed by atoms with Crippen LogP contribution in [0.1, 0.15) is 76.0 Å². The van der Waals surface area contributed by atoms with Gasteiger partial charge in [-0.05, 0) is 86.3 Å². The summed E-state index contributed by atoms with van der Waals surface area (Å²) in [5, 5.41) is 14.4. The average molecular weight is 330 g/mol. The van der Waals surface area contributed by atoms with Crippen molar-refractivity contribution < 1.29 is 5.11 Å². The van der Waals surface area contributed by atoms with E-state index >= 15 is 0 Å². The fourth-order valence-electron chi connectivity index (χ4n) is 4.52. The molecule has 0 spiro atoms. The van der Waals surface area contributed by atoms with Gasteiger partial charge in [-0.3, -0.25) is 0 Å². The summed E-state index contributed by atoms with van der Waals surface area (Å²) in [6.45, 7) is 8.28. The standard InChI is InChI=1S/C22H35NO/c1-21(2)12-10-20(11-13-21)22(3,24)16-23-15-17-8-9-18-6-4-5-7-19(18)14-17/h8-9,14,20,23-24H,4-7,10-13,15-16H2,1-3H3. The second kappa shape index (κ2) is 7.17. The summed E-state index contributed by atoms with van der Waals surface area (Å²) in [4.78, 5) is 0. The minimum atomic E-state index is -0.593. The molecule has 1 aromatic carbocycles. The molecule has 24 heavy (non-hydrogen) atoms. The number of hydrogen-bond donors (Lipinski definition) is 2. The van der Waals surface area contributed by atoms with Gasteiger partial charge in [0.05, 0.1) is 5.60 Å². The highest BCUT2D eigenvalue weighted by molar-refractivity contribution is 5.33. The quantitative estimate of drug-likeness (QED) is 0.826. The number of aliphatic hydroxyl groups is 1. The third kappa shape index (κ3) is 4.40. The number of fused-ring (bicyclic) bond motifs is 1. The Hall–Kier alpha value is -0.860. The molecule has 0 amide bonds. The van der Waals surface area contributed by atoms with Crippen LogP contribution in [0.2, 0.25) is 0 Å². The van der Waals surface area contributed by atoms with Gasteiger partial charge in [0.2, 0.25) is 0 Å². The van der Waals surface area contributed by atoms with Gasteiger partial charge in [-0.2, -0.15) is 0 Å². The maximum absolute atomic E-state index is 10.9. The molecule has 0 bridgehead atoms. The summed E-state index contributed by atoms with van der Waals surface area (Å²) in [5.41, 5.74) is 4.31. The predicted octanol–water partition coefficient (Wildman–Crippen LogP) is 4.62. The molecule has 2 nitrogen and oxygen atoms in total. The Kier molecular flexibility index (Phi) is 5.36. The molecule has 1 atom stereocenters. The third-order valence-electron chi connectivity index (χ3n) is 6.44. The Labute approximate surface area is 148 Å². The highest BCUT2D eigenvalue weighted by atomic mass is 16.3. The summed E-state index contributed by atoms with van der Waals surface area (Å²) >= 11 is 0. The monoisotopic (exact) mass is 329 g/mol. The molecule has 2 heteroatoms. The molecular formula is C22H35NO. The zero-order valence-electron chi connectivity index (χ0n) is 15.8. The number of hydrogen-bond acceptors (Lipinski definition) is 2. The van der Waals surface area contributed by atoms with Gasteiger partial charge in [0, 0.05) is 13.1 Å². The van der Waals surface area contributed by atoms with Gasteiger partial charge in [-0.1, -0.05) is 32.0 Å². The molecule has 0 aliphatic heterocycles. The van der Waals surface area contributed by atoms with E-state index in [0.29, 0.717) is 17.9 Å². The first-order chi connectivity index (χ1) is 11.4. The van der Waals surface area contributed by atoms with E-state index in [1.807, 2.05) is 6.92 Å². The van der Waals surface area contributed by atoms with Crippen LogP contribution in [0.5, 0.6) is 0 Å². The van der Waals surface area contributed by atoms with Crippen LogP contribution >= 0.6 is 0 Å². The van der Waals surface area contributed by atoms with E-state index in [2.05, 4.69) is 37.4 Å². The molecule has 2 aliphatic carbocycles. The summed E-state index contributed by atoms with van der Waals surface area (Å²) in [5.74, 6) is 0.432. The Morgan fingerprint density at radius 2 is 1.79 bits per heavy atom. The lowest BCUT2D eigenvalue weighted by molar-refractivity contribution is -0.0291. The van der Waals surface area contributed by atoms with Crippen molar-refractivity contribution in [1.29, 1.82) is 0 Å². The predicted molar refractivity (Wildman–Crippen MR) is 101 cm³/mol. The van der Waals surface area contributed by atoms with Crippen molar-refractivity contribution in [2.45, 2.75) is 84.3 Å². The molecule has 1 saturated carbocycles. The molecule has 0 radical (unpaired) electrons. The molecule has 1 fully saturated rings. The van der Waals surface area contributed by atoms with Crippen LogP contribution in [-0.2, 0) is 19.4 Å². The molecule has 0 saturated heterocycles. The van der Waals surface area contributed by atoms with Gasteiger partial charge in [-0.15, -0.1) is 0 Å². The van der Waals surface area contributed by atoms with Gasteiger partial charge in [0.1, 0.15) is 0 Å². The van der Waals surface area contributed by atoms with Crippen molar-refractivity contribution in [1.82, 2.24) is 5.32 Å². The SMILES string of the molecule is CC1(C)CCC(C(C)(O)CNCc2ccc3c(c2)CCCC3)CC1. The molecule has 2 N–H and O–H groups in total. The summed E-state index contributed by atoms with van der Waals surface area (Å²) < 4.78 is 0. The van der Waals surface area contributed by atoms with Crippen LogP contribution in [0.25, 0.3) is 0 Å². The maximum atomic E-state index is 10.9. The lowest BCUT2D eigenvalue weighted by atomic mass is 9.68. The number of nitrogens with one attached hydrogen (secondary N) is 1. The van der Waals surface area contributed by atoms with Gasteiger partial charge in [0.15, 0.2) is 0 Å². The van der Waals surface area contributed by atoms with E-state index in [0.717, 1.165) is 19.4 Å². The smallest absolute Gasteiger partial charge is 0.0771 e. The topological polar surface area (TPSA) is 32.3 Å². The zero-order valence-corrected chi connectivity index (χ0v) is 15.8. The Morgan fingerprint density at radius 1 is 1.12 bits per heavy atom. The minimum Gasteiger partial charge on any atom is -0.389 e. The third-order valence-corrected chi connectivity index (χ3v) is 6.44. The van der Waals surface area contributed by atoms with Crippen molar-refractivity contribution in [3.63, 3.8) is 0 Å². The van der Waals surface area contributed by atoms with Crippen LogP contribution in [0.4, 0.5) is 0 Å². The van der Waals surface area contributed by atoms with Crippen LogP contribution < -0.4 is 5.32 Å². The zero-order chi connectivity index (χ0) is 17.2. The highest BCUT2D eigenvalue weighted by Gasteiger charge is 2.37. The molecular weight excluding hydrogens is 294 g/mol. The van der Waals surface area contributed by atoms with Crippen LogP contribution in [0, 0.1) is 11.3 Å². The largest absolute Gasteiger partial charge is 0.389 e. The van der Waals surface area contributed by atoms with Crippen molar-refractivity contribution in [2.24, 2.45) is 11.3 Å². The van der Waals surface area contributed by atoms with Crippen molar-refractivity contribution in [2.75, 3.05) is 6.54 Å². The number of aryl methyl sites for hydroxylation is 2. The van der Waals surface area contributed by atoms with E-state index in [1.54, 1.807) is 11.1 Å². The Bertz CT molecular complexity index is 551. The number of benzene rings is 1. The Morgan fingerprint density at radius 3 is 2.50 bits per heavy atom. The molecule has 2 aliphatic rings. The van der Waals surface area contributed by atoms with Gasteiger partial charge < -0.3 is 10.4 Å². The molecule has 1 aromatic rings. The molecule has 1 unspecified atom stereocenters. The van der Waals surface area contributed by atoms with Crippen LogP contribution in [-0.4, -0.2) is 17.3 Å². The van der Waals surface area contributed by atoms with Gasteiger partial charge in [0.25, 0.3) is 0 Å². The second-order valence-electron chi connectivity index (χ2n) is 9.21. The normalized spacial score (nSPS) is 23.5. The molecule has 0 heterocycles. The van der Waals surface area contributed by atoms with Crippen molar-refractivity contribution in [3.05, 3.63) is 34.9 Å². The summed E-state index contributed by atoms with van der Waals surface area (Å²) in [6.07, 6.45) is 9.93.